The van der Waals surface area contributed by atoms with Crippen molar-refractivity contribution in [2.45, 2.75) is 96.4 Å². The predicted molar refractivity (Wildman–Crippen MR) is 88.0 cm³/mol. The molecule has 1 aliphatic rings. The van der Waals surface area contributed by atoms with E-state index in [-0.39, 0.29) is 0 Å². The quantitative estimate of drug-likeness (QED) is 0.509. The molecule has 0 saturated carbocycles. The topological polar surface area (TPSA) is 35.2 Å². The molecule has 0 aromatic heterocycles. The van der Waals surface area contributed by atoms with Crippen molar-refractivity contribution in [3.63, 3.8) is 0 Å². The van der Waals surface area contributed by atoms with Crippen molar-refractivity contribution in [2.24, 2.45) is 11.7 Å². The van der Waals surface area contributed by atoms with E-state index in [2.05, 4.69) is 6.92 Å². The summed E-state index contributed by atoms with van der Waals surface area (Å²) in [5, 5.41) is 0. The van der Waals surface area contributed by atoms with Crippen LogP contribution in [0.2, 0.25) is 0 Å². The number of rotatable bonds is 12. The molecule has 0 aliphatic carbocycles. The Labute approximate surface area is 126 Å². The Bertz CT molecular complexity index is 202. The van der Waals surface area contributed by atoms with Crippen LogP contribution in [0, 0.1) is 5.92 Å². The van der Waals surface area contributed by atoms with Gasteiger partial charge in [0.05, 0.1) is 0 Å². The Morgan fingerprint density at radius 2 is 1.35 bits per heavy atom. The summed E-state index contributed by atoms with van der Waals surface area (Å²) in [6, 6.07) is 0.424. The van der Waals surface area contributed by atoms with Gasteiger partial charge < -0.3 is 10.5 Å². The molecule has 1 atom stereocenters. The zero-order valence-electron chi connectivity index (χ0n) is 13.7. The van der Waals surface area contributed by atoms with Gasteiger partial charge in [0.25, 0.3) is 0 Å². The number of ether oxygens (including phenoxy) is 1. The summed E-state index contributed by atoms with van der Waals surface area (Å²) in [7, 11) is 0. The van der Waals surface area contributed by atoms with Crippen LogP contribution in [-0.4, -0.2) is 19.3 Å². The SMILES string of the molecule is CCCCCCCCCCCCC(N)C1CCOCC1. The van der Waals surface area contributed by atoms with Gasteiger partial charge in [-0.25, -0.2) is 0 Å². The first kappa shape index (κ1) is 18.0. The second-order valence-electron chi connectivity index (χ2n) is 6.58. The Morgan fingerprint density at radius 1 is 0.850 bits per heavy atom. The lowest BCUT2D eigenvalue weighted by Crippen LogP contribution is -2.34. The smallest absolute Gasteiger partial charge is 0.0469 e. The van der Waals surface area contributed by atoms with E-state index >= 15 is 0 Å². The highest BCUT2D eigenvalue weighted by Gasteiger charge is 2.20. The molecule has 0 aromatic rings. The van der Waals surface area contributed by atoms with Crippen LogP contribution < -0.4 is 5.73 Å². The second-order valence-corrected chi connectivity index (χ2v) is 6.58. The molecule has 0 radical (unpaired) electrons. The summed E-state index contributed by atoms with van der Waals surface area (Å²) in [5.41, 5.74) is 6.30. The third kappa shape index (κ3) is 8.97. The summed E-state index contributed by atoms with van der Waals surface area (Å²) >= 11 is 0. The normalized spacial score (nSPS) is 18.3. The van der Waals surface area contributed by atoms with E-state index in [0.29, 0.717) is 6.04 Å². The maximum absolute atomic E-state index is 6.30. The first-order valence-corrected chi connectivity index (χ1v) is 9.18. The van der Waals surface area contributed by atoms with Gasteiger partial charge in [-0.1, -0.05) is 71.1 Å². The van der Waals surface area contributed by atoms with Crippen LogP contribution in [0.15, 0.2) is 0 Å². The fourth-order valence-electron chi connectivity index (χ4n) is 3.25. The van der Waals surface area contributed by atoms with Crippen molar-refractivity contribution in [3.05, 3.63) is 0 Å². The van der Waals surface area contributed by atoms with Gasteiger partial charge in [-0.2, -0.15) is 0 Å². The van der Waals surface area contributed by atoms with E-state index in [9.17, 15) is 0 Å². The highest BCUT2D eigenvalue weighted by molar-refractivity contribution is 4.75. The first-order valence-electron chi connectivity index (χ1n) is 9.18. The minimum absolute atomic E-state index is 0.424. The molecule has 1 rings (SSSR count). The third-order valence-corrected chi connectivity index (χ3v) is 4.76. The summed E-state index contributed by atoms with van der Waals surface area (Å²) in [6.07, 6.45) is 17.7. The maximum Gasteiger partial charge on any atom is 0.0469 e. The van der Waals surface area contributed by atoms with Crippen LogP contribution in [0.3, 0.4) is 0 Å². The minimum atomic E-state index is 0.424. The van der Waals surface area contributed by atoms with E-state index in [1.54, 1.807) is 0 Å². The molecule has 0 aromatic carbocycles. The van der Waals surface area contributed by atoms with Gasteiger partial charge in [0.2, 0.25) is 0 Å². The zero-order chi connectivity index (χ0) is 14.5. The van der Waals surface area contributed by atoms with Gasteiger partial charge in [0.15, 0.2) is 0 Å². The van der Waals surface area contributed by atoms with Gasteiger partial charge in [-0.3, -0.25) is 0 Å². The summed E-state index contributed by atoms with van der Waals surface area (Å²) in [4.78, 5) is 0. The van der Waals surface area contributed by atoms with Crippen LogP contribution in [0.1, 0.15) is 90.4 Å². The van der Waals surface area contributed by atoms with Crippen molar-refractivity contribution in [1.29, 1.82) is 0 Å². The highest BCUT2D eigenvalue weighted by atomic mass is 16.5. The van der Waals surface area contributed by atoms with Crippen molar-refractivity contribution >= 4 is 0 Å². The number of hydrogen-bond donors (Lipinski definition) is 1. The molecular weight excluding hydrogens is 246 g/mol. The highest BCUT2D eigenvalue weighted by Crippen LogP contribution is 2.21. The Hall–Kier alpha value is -0.0800. The lowest BCUT2D eigenvalue weighted by Gasteiger charge is -2.27. The molecule has 1 saturated heterocycles. The molecular formula is C18H37NO. The van der Waals surface area contributed by atoms with E-state index < -0.39 is 0 Å². The lowest BCUT2D eigenvalue weighted by molar-refractivity contribution is 0.0572. The average Bonchev–Trinajstić information content (AvgIpc) is 2.50. The number of nitrogens with two attached hydrogens (primary N) is 1. The Balaban J connectivity index is 1.82. The second kappa shape index (κ2) is 12.6. The largest absolute Gasteiger partial charge is 0.381 e. The molecule has 2 N–H and O–H groups in total. The lowest BCUT2D eigenvalue weighted by atomic mass is 9.89. The monoisotopic (exact) mass is 283 g/mol. The van der Waals surface area contributed by atoms with Crippen LogP contribution in [0.5, 0.6) is 0 Å². The van der Waals surface area contributed by atoms with Gasteiger partial charge in [-0.05, 0) is 25.2 Å². The van der Waals surface area contributed by atoms with Crippen molar-refractivity contribution in [2.75, 3.05) is 13.2 Å². The molecule has 2 nitrogen and oxygen atoms in total. The molecule has 1 unspecified atom stereocenters. The van der Waals surface area contributed by atoms with Gasteiger partial charge in [-0.15, -0.1) is 0 Å². The average molecular weight is 284 g/mol. The van der Waals surface area contributed by atoms with Crippen molar-refractivity contribution in [1.82, 2.24) is 0 Å². The summed E-state index contributed by atoms with van der Waals surface area (Å²) in [5.74, 6) is 0.724. The van der Waals surface area contributed by atoms with Crippen LogP contribution in [0.4, 0.5) is 0 Å². The fraction of sp³-hybridized carbons (Fsp3) is 1.00. The summed E-state index contributed by atoms with van der Waals surface area (Å²) in [6.45, 7) is 4.14. The molecule has 0 amide bonds. The van der Waals surface area contributed by atoms with Gasteiger partial charge in [0.1, 0.15) is 0 Å². The fourth-order valence-corrected chi connectivity index (χ4v) is 3.25. The summed E-state index contributed by atoms with van der Waals surface area (Å²) < 4.78 is 5.40. The first-order chi connectivity index (χ1) is 9.84. The minimum Gasteiger partial charge on any atom is -0.381 e. The molecule has 0 spiro atoms. The van der Waals surface area contributed by atoms with Crippen molar-refractivity contribution < 1.29 is 4.74 Å². The molecule has 1 heterocycles. The number of unbranched alkanes of at least 4 members (excludes halogenated alkanes) is 9. The van der Waals surface area contributed by atoms with E-state index in [1.807, 2.05) is 0 Å². The van der Waals surface area contributed by atoms with Crippen LogP contribution in [-0.2, 0) is 4.74 Å². The van der Waals surface area contributed by atoms with Gasteiger partial charge >= 0.3 is 0 Å². The molecule has 20 heavy (non-hydrogen) atoms. The molecule has 0 bridgehead atoms. The van der Waals surface area contributed by atoms with E-state index in [0.717, 1.165) is 19.1 Å². The standard InChI is InChI=1S/C18H37NO/c1-2-3-4-5-6-7-8-9-10-11-12-18(19)17-13-15-20-16-14-17/h17-18H,2-16,19H2,1H3. The predicted octanol–water partition coefficient (Wildman–Crippen LogP) is 5.05. The maximum atomic E-state index is 6.30. The van der Waals surface area contributed by atoms with Crippen LogP contribution >= 0.6 is 0 Å². The molecule has 1 fully saturated rings. The van der Waals surface area contributed by atoms with Crippen molar-refractivity contribution in [3.8, 4) is 0 Å². The van der Waals surface area contributed by atoms with E-state index in [4.69, 9.17) is 10.5 Å². The van der Waals surface area contributed by atoms with E-state index in [1.165, 1.54) is 83.5 Å². The van der Waals surface area contributed by atoms with Crippen LogP contribution in [0.25, 0.3) is 0 Å². The Morgan fingerprint density at radius 3 is 1.90 bits per heavy atom. The molecule has 1 aliphatic heterocycles. The molecule has 2 heteroatoms. The molecule has 120 valence electrons. The zero-order valence-corrected chi connectivity index (χ0v) is 13.7. The number of hydrogen-bond acceptors (Lipinski definition) is 2. The van der Waals surface area contributed by atoms with Gasteiger partial charge in [0, 0.05) is 19.3 Å². The Kier molecular flexibility index (Phi) is 11.4. The third-order valence-electron chi connectivity index (χ3n) is 4.76.